The number of fused-ring (bicyclic) bond motifs is 1. The molecule has 0 unspecified atom stereocenters. The molecule has 324 valence electrons. The molecule has 2 aromatic heterocycles. The minimum atomic E-state index is -4.23. The molecule has 4 heteroatoms. The van der Waals surface area contributed by atoms with Gasteiger partial charge in [0.25, 0.3) is 0 Å². The molecule has 2 heterocycles. The number of aromatic nitrogens is 3. The lowest BCUT2D eigenvalue weighted by Crippen LogP contribution is -2.17. The number of benzene rings is 7. The SMILES string of the molecule is [2H]C([2H])([2H])c1cc(-c2ccc(C(C)(C)C)cc2)ccc1-n1c(-c2cc(C(C([2H])([2H])[2H])(C([2H])([2H])[2H])C([2H])([2H])[2H])cc(C(C([2H])([2H])[2H])(C([2H])([2H])[2H])C([2H])([2H])[2H])c2O)nc2c(-c3cc(-c4ccccc4)cc(-c4cc(-c5ccccc5)ccn4)c3)cccc21. The van der Waals surface area contributed by atoms with Gasteiger partial charge in [-0.05, 0) is 133 Å². The first-order valence-electron chi connectivity index (χ1n) is 31.5. The molecule has 9 aromatic rings. The zero-order valence-corrected chi connectivity index (χ0v) is 36.0. The average Bonchev–Trinajstić information content (AvgIpc) is 0.772. The summed E-state index contributed by atoms with van der Waals surface area (Å²) in [6, 6.07) is 45.8. The molecule has 9 rings (SSSR count). The van der Waals surface area contributed by atoms with Gasteiger partial charge in [0.15, 0.2) is 0 Å². The Morgan fingerprint density at radius 1 is 0.492 bits per heavy atom. The van der Waals surface area contributed by atoms with Crippen molar-refractivity contribution in [1.82, 2.24) is 14.5 Å². The smallest absolute Gasteiger partial charge is 0.149 e. The summed E-state index contributed by atoms with van der Waals surface area (Å²) in [7, 11) is 0. The van der Waals surface area contributed by atoms with Crippen molar-refractivity contribution >= 4 is 11.0 Å². The molecular formula is C61H59N3O. The minimum absolute atomic E-state index is 0.00296. The number of para-hydroxylation sites is 1. The lowest BCUT2D eigenvalue weighted by atomic mass is 9.79. The molecule has 0 aliphatic heterocycles. The molecule has 4 nitrogen and oxygen atoms in total. The highest BCUT2D eigenvalue weighted by molar-refractivity contribution is 5.98. The summed E-state index contributed by atoms with van der Waals surface area (Å²) in [6.07, 6.45) is 1.67. The molecule has 1 N–H and O–H groups in total. The van der Waals surface area contributed by atoms with Gasteiger partial charge in [0, 0.05) is 51.7 Å². The van der Waals surface area contributed by atoms with Gasteiger partial charge < -0.3 is 5.11 Å². The van der Waals surface area contributed by atoms with E-state index >= 15 is 0 Å². The standard InChI is InChI=1S/C61H59N3O/c1-39-32-43(42-24-27-48(28-25-42)59(2,3)4)26-29-54(39)64-55-23-17-22-50(56(55)63-58(64)51-37-49(60(5,6)7)38-52(57(51)65)61(8,9)10)46-33-45(41-20-15-12-16-21-41)34-47(35-46)53-36-44(30-31-62-53)40-18-13-11-14-19-40/h11-38,65H,1-10H3/i1D3,5D3,6D3,7D3,8D3,9D3,10D3. The molecule has 0 saturated heterocycles. The van der Waals surface area contributed by atoms with Crippen molar-refractivity contribution < 1.29 is 33.9 Å². The van der Waals surface area contributed by atoms with E-state index in [0.717, 1.165) is 22.3 Å². The van der Waals surface area contributed by atoms with Crippen molar-refractivity contribution in [2.45, 2.75) is 85.0 Å². The largest absolute Gasteiger partial charge is 0.507 e. The van der Waals surface area contributed by atoms with Crippen molar-refractivity contribution in [3.05, 3.63) is 192 Å². The summed E-state index contributed by atoms with van der Waals surface area (Å²) in [4.78, 5) is 9.84. The molecule has 0 spiro atoms. The predicted octanol–water partition coefficient (Wildman–Crippen LogP) is 16.3. The summed E-state index contributed by atoms with van der Waals surface area (Å²) < 4.78 is 186. The number of nitrogens with zero attached hydrogens (tertiary/aromatic N) is 3. The van der Waals surface area contributed by atoms with Gasteiger partial charge in [-0.1, -0.05) is 171 Å². The second-order valence-corrected chi connectivity index (χ2v) is 17.4. The molecule has 0 aliphatic carbocycles. The maximum atomic E-state index is 13.0. The van der Waals surface area contributed by atoms with Crippen LogP contribution >= 0.6 is 0 Å². The van der Waals surface area contributed by atoms with Crippen LogP contribution in [-0.2, 0) is 16.2 Å². The normalized spacial score (nSPS) is 18.4. The van der Waals surface area contributed by atoms with Gasteiger partial charge in [0.1, 0.15) is 11.6 Å². The summed E-state index contributed by atoms with van der Waals surface area (Å²) in [5.74, 6) is -2.14. The number of hydrogen-bond donors (Lipinski definition) is 1. The van der Waals surface area contributed by atoms with E-state index in [4.69, 9.17) is 38.8 Å². The zero-order chi connectivity index (χ0) is 63.3. The van der Waals surface area contributed by atoms with E-state index in [1.54, 1.807) is 24.4 Å². The molecule has 65 heavy (non-hydrogen) atoms. The molecular weight excluding hydrogens is 791 g/mol. The Hall–Kier alpha value is -7.04. The third-order valence-electron chi connectivity index (χ3n) is 11.7. The fourth-order valence-corrected chi connectivity index (χ4v) is 8.26. The third kappa shape index (κ3) is 8.54. The van der Waals surface area contributed by atoms with Crippen LogP contribution in [0.5, 0.6) is 5.75 Å². The van der Waals surface area contributed by atoms with Gasteiger partial charge >= 0.3 is 0 Å². The predicted molar refractivity (Wildman–Crippen MR) is 274 cm³/mol. The third-order valence-corrected chi connectivity index (χ3v) is 11.7. The van der Waals surface area contributed by atoms with Crippen molar-refractivity contribution in [3.63, 3.8) is 0 Å². The van der Waals surface area contributed by atoms with E-state index in [1.165, 1.54) is 22.8 Å². The van der Waals surface area contributed by atoms with Gasteiger partial charge in [0.2, 0.25) is 0 Å². The lowest BCUT2D eigenvalue weighted by Gasteiger charge is -2.27. The van der Waals surface area contributed by atoms with E-state index < -0.39 is 87.1 Å². The fourth-order valence-electron chi connectivity index (χ4n) is 8.26. The highest BCUT2D eigenvalue weighted by atomic mass is 16.3. The summed E-state index contributed by atoms with van der Waals surface area (Å²) in [5, 5.41) is 13.0. The van der Waals surface area contributed by atoms with Crippen LogP contribution in [-0.4, -0.2) is 19.6 Å². The topological polar surface area (TPSA) is 50.9 Å². The number of rotatable bonds is 7. The van der Waals surface area contributed by atoms with Crippen LogP contribution < -0.4 is 0 Å². The molecule has 0 amide bonds. The van der Waals surface area contributed by atoms with Crippen LogP contribution in [0.2, 0.25) is 0 Å². The highest BCUT2D eigenvalue weighted by Crippen LogP contribution is 2.45. The van der Waals surface area contributed by atoms with Crippen molar-refractivity contribution in [1.29, 1.82) is 0 Å². The van der Waals surface area contributed by atoms with Crippen LogP contribution in [0.15, 0.2) is 170 Å². The maximum absolute atomic E-state index is 13.0. The van der Waals surface area contributed by atoms with Crippen LogP contribution in [0.1, 0.15) is 113 Å². The summed E-state index contributed by atoms with van der Waals surface area (Å²) in [6.45, 7) is -21.9. The average molecular weight is 871 g/mol. The van der Waals surface area contributed by atoms with Gasteiger partial charge in [-0.2, -0.15) is 0 Å². The number of aryl methyl sites for hydroxylation is 1. The summed E-state index contributed by atoms with van der Waals surface area (Å²) in [5.41, 5.74) is -5.78. The number of hydrogen-bond acceptors (Lipinski definition) is 3. The molecule has 0 aliphatic rings. The molecule has 0 radical (unpaired) electrons. The van der Waals surface area contributed by atoms with Crippen LogP contribution in [0.25, 0.3) is 83.9 Å². The number of imidazole rings is 1. The van der Waals surface area contributed by atoms with E-state index in [-0.39, 0.29) is 33.8 Å². The number of pyridine rings is 1. The Balaban J connectivity index is 1.49. The lowest BCUT2D eigenvalue weighted by molar-refractivity contribution is 0.446. The van der Waals surface area contributed by atoms with E-state index in [1.807, 2.05) is 136 Å². The second kappa shape index (κ2) is 16.5. The van der Waals surface area contributed by atoms with Gasteiger partial charge in [-0.15, -0.1) is 0 Å². The van der Waals surface area contributed by atoms with Crippen molar-refractivity contribution in [2.75, 3.05) is 0 Å². The first-order valence-corrected chi connectivity index (χ1v) is 21.0. The van der Waals surface area contributed by atoms with E-state index in [2.05, 4.69) is 0 Å². The number of phenols is 1. The Morgan fingerprint density at radius 3 is 1.80 bits per heavy atom. The molecule has 0 atom stereocenters. The number of phenolic OH excluding ortho intramolecular Hbond substituents is 1. The van der Waals surface area contributed by atoms with Gasteiger partial charge in [-0.3, -0.25) is 9.55 Å². The molecule has 7 aromatic carbocycles. The highest BCUT2D eigenvalue weighted by Gasteiger charge is 2.29. The molecule has 0 bridgehead atoms. The van der Waals surface area contributed by atoms with Crippen LogP contribution in [0.3, 0.4) is 0 Å². The van der Waals surface area contributed by atoms with Gasteiger partial charge in [0.05, 0.1) is 28.0 Å². The Labute approximate surface area is 414 Å². The maximum Gasteiger partial charge on any atom is 0.149 e. The van der Waals surface area contributed by atoms with E-state index in [9.17, 15) is 5.11 Å². The second-order valence-electron chi connectivity index (χ2n) is 17.4. The Morgan fingerprint density at radius 2 is 1.12 bits per heavy atom. The van der Waals surface area contributed by atoms with Crippen LogP contribution in [0, 0.1) is 6.85 Å². The van der Waals surface area contributed by atoms with Crippen molar-refractivity contribution in [2.24, 2.45) is 0 Å². The quantitative estimate of drug-likeness (QED) is 0.174. The monoisotopic (exact) mass is 871 g/mol. The van der Waals surface area contributed by atoms with Crippen LogP contribution in [0.4, 0.5) is 0 Å². The Bertz CT molecular complexity index is 3920. The summed E-state index contributed by atoms with van der Waals surface area (Å²) >= 11 is 0. The first kappa shape index (κ1) is 24.9. The van der Waals surface area contributed by atoms with Crippen molar-refractivity contribution in [3.8, 4) is 78.6 Å². The molecule has 0 fully saturated rings. The zero-order valence-electron chi connectivity index (χ0n) is 57.0. The first-order chi connectivity index (χ1) is 39.6. The number of aromatic hydroxyl groups is 1. The fraction of sp³-hybridized carbons (Fsp3) is 0.213. The Kier molecular flexibility index (Phi) is 6.31. The van der Waals surface area contributed by atoms with Gasteiger partial charge in [-0.25, -0.2) is 4.98 Å². The van der Waals surface area contributed by atoms with E-state index in [0.29, 0.717) is 45.1 Å². The minimum Gasteiger partial charge on any atom is -0.507 e. The molecule has 0 saturated carbocycles.